The van der Waals surface area contributed by atoms with Crippen molar-refractivity contribution < 1.29 is 4.74 Å². The first kappa shape index (κ1) is 9.83. The van der Waals surface area contributed by atoms with Crippen molar-refractivity contribution in [3.8, 4) is 5.75 Å². The number of fused-ring (bicyclic) bond motifs is 6. The molecule has 1 aromatic carbocycles. The smallest absolute Gasteiger partial charge is 0.202 e. The Bertz CT molecular complexity index is 516. The van der Waals surface area contributed by atoms with Crippen LogP contribution in [0, 0.1) is 0 Å². The normalized spacial score (nSPS) is 33.6. The molecule has 4 rings (SSSR count). The maximum Gasteiger partial charge on any atom is 0.202 e. The van der Waals surface area contributed by atoms with Gasteiger partial charge in [0.25, 0.3) is 0 Å². The molecule has 3 nitrogen and oxygen atoms in total. The highest BCUT2D eigenvalue weighted by molar-refractivity contribution is 8.14. The third-order valence-electron chi connectivity index (χ3n) is 3.70. The molecule has 2 atom stereocenters. The van der Waals surface area contributed by atoms with Gasteiger partial charge in [0.15, 0.2) is 5.17 Å². The molecular weight excluding hydrogens is 232 g/mol. The molecule has 3 aliphatic rings. The predicted octanol–water partition coefficient (Wildman–Crippen LogP) is 2.64. The molecule has 4 heteroatoms. The van der Waals surface area contributed by atoms with Crippen LogP contribution in [0.3, 0.4) is 0 Å². The number of benzene rings is 1. The first-order valence-electron chi connectivity index (χ1n) is 6.02. The van der Waals surface area contributed by atoms with Crippen molar-refractivity contribution in [1.29, 1.82) is 0 Å². The average Bonchev–Trinajstić information content (AvgIpc) is 2.75. The molecule has 88 valence electrons. The number of hydrogen-bond donors (Lipinski definition) is 0. The zero-order valence-corrected chi connectivity index (χ0v) is 10.5. The number of hydrogen-bond acceptors (Lipinski definition) is 4. The van der Waals surface area contributed by atoms with Gasteiger partial charge in [-0.3, -0.25) is 0 Å². The second-order valence-corrected chi connectivity index (χ2v) is 6.03. The Labute approximate surface area is 105 Å². The van der Waals surface area contributed by atoms with Crippen LogP contribution in [0.5, 0.6) is 5.75 Å². The Morgan fingerprint density at radius 1 is 1.47 bits per heavy atom. The lowest BCUT2D eigenvalue weighted by Crippen LogP contribution is -2.48. The number of thioether (sulfide) groups is 1. The molecule has 3 heterocycles. The molecular formula is C13H14N2OS. The van der Waals surface area contributed by atoms with Gasteiger partial charge in [-0.1, -0.05) is 30.0 Å². The second-order valence-electron chi connectivity index (χ2n) is 4.97. The summed E-state index contributed by atoms with van der Waals surface area (Å²) in [6.45, 7) is 3.21. The number of ether oxygens (including phenoxy) is 1. The van der Waals surface area contributed by atoms with Gasteiger partial charge in [-0.15, -0.1) is 0 Å². The van der Waals surface area contributed by atoms with Crippen molar-refractivity contribution in [3.05, 3.63) is 29.8 Å². The lowest BCUT2D eigenvalue weighted by molar-refractivity contribution is 0.0271. The highest BCUT2D eigenvalue weighted by Crippen LogP contribution is 2.48. The van der Waals surface area contributed by atoms with Gasteiger partial charge < -0.3 is 9.64 Å². The summed E-state index contributed by atoms with van der Waals surface area (Å²) in [5.41, 5.74) is 0.960. The summed E-state index contributed by atoms with van der Waals surface area (Å²) in [5.74, 6) is 2.15. The Morgan fingerprint density at radius 2 is 2.35 bits per heavy atom. The Hall–Kier alpha value is -1.16. The first-order valence-corrected chi connectivity index (χ1v) is 7.01. The minimum Gasteiger partial charge on any atom is -0.466 e. The first-order chi connectivity index (χ1) is 8.25. The molecule has 3 aliphatic heterocycles. The van der Waals surface area contributed by atoms with E-state index in [0.717, 1.165) is 24.5 Å². The van der Waals surface area contributed by atoms with E-state index < -0.39 is 0 Å². The highest BCUT2D eigenvalue weighted by Gasteiger charge is 2.46. The standard InChI is InChI=1S/C13H14N2OS/c1-13-8-10(15-6-7-17-12(15)14-13)9-4-2-3-5-11(9)16-13/h2-5,10H,6-8H2,1H3/t10-,13-/m1/s1. The third kappa shape index (κ3) is 1.33. The van der Waals surface area contributed by atoms with Crippen molar-refractivity contribution in [3.63, 3.8) is 0 Å². The minimum atomic E-state index is -0.359. The lowest BCUT2D eigenvalue weighted by Gasteiger charge is -2.45. The maximum absolute atomic E-state index is 6.07. The van der Waals surface area contributed by atoms with Gasteiger partial charge in [-0.2, -0.15) is 0 Å². The molecule has 2 bridgehead atoms. The van der Waals surface area contributed by atoms with Crippen LogP contribution in [0.2, 0.25) is 0 Å². The molecule has 0 amide bonds. The summed E-state index contributed by atoms with van der Waals surface area (Å²) in [4.78, 5) is 7.22. The van der Waals surface area contributed by atoms with E-state index >= 15 is 0 Å². The SMILES string of the molecule is C[C@]12C[C@H](c3ccccc3O1)N1CCSC1=N2. The zero-order valence-electron chi connectivity index (χ0n) is 9.72. The van der Waals surface area contributed by atoms with Crippen molar-refractivity contribution in [2.75, 3.05) is 12.3 Å². The molecule has 1 aromatic rings. The monoisotopic (exact) mass is 246 g/mol. The zero-order chi connectivity index (χ0) is 11.5. The average molecular weight is 246 g/mol. The van der Waals surface area contributed by atoms with Crippen LogP contribution in [0.15, 0.2) is 29.3 Å². The molecule has 0 spiro atoms. The molecule has 0 aromatic heterocycles. The van der Waals surface area contributed by atoms with Crippen molar-refractivity contribution in [2.45, 2.75) is 25.1 Å². The Balaban J connectivity index is 1.90. The summed E-state index contributed by atoms with van der Waals surface area (Å²) in [5, 5.41) is 1.17. The topological polar surface area (TPSA) is 24.8 Å². The van der Waals surface area contributed by atoms with E-state index in [4.69, 9.17) is 9.73 Å². The van der Waals surface area contributed by atoms with E-state index in [-0.39, 0.29) is 5.72 Å². The van der Waals surface area contributed by atoms with Crippen LogP contribution in [0.4, 0.5) is 0 Å². The fraction of sp³-hybridized carbons (Fsp3) is 0.462. The van der Waals surface area contributed by atoms with Gasteiger partial charge in [0.1, 0.15) is 5.75 Å². The van der Waals surface area contributed by atoms with Crippen LogP contribution < -0.4 is 4.74 Å². The quantitative estimate of drug-likeness (QED) is 0.703. The van der Waals surface area contributed by atoms with Crippen LogP contribution in [-0.4, -0.2) is 28.1 Å². The predicted molar refractivity (Wildman–Crippen MR) is 69.4 cm³/mol. The lowest BCUT2D eigenvalue weighted by atomic mass is 9.91. The van der Waals surface area contributed by atoms with Crippen LogP contribution in [-0.2, 0) is 0 Å². The van der Waals surface area contributed by atoms with Crippen LogP contribution in [0.25, 0.3) is 0 Å². The molecule has 0 unspecified atom stereocenters. The van der Waals surface area contributed by atoms with Crippen LogP contribution in [0.1, 0.15) is 24.9 Å². The molecule has 17 heavy (non-hydrogen) atoms. The van der Waals surface area contributed by atoms with Crippen molar-refractivity contribution in [1.82, 2.24) is 4.90 Å². The number of nitrogens with zero attached hydrogens (tertiary/aromatic N) is 2. The van der Waals surface area contributed by atoms with E-state index in [1.165, 1.54) is 10.7 Å². The molecule has 1 fully saturated rings. The maximum atomic E-state index is 6.07. The van der Waals surface area contributed by atoms with E-state index in [9.17, 15) is 0 Å². The summed E-state index contributed by atoms with van der Waals surface area (Å²) in [7, 11) is 0. The van der Waals surface area contributed by atoms with Crippen LogP contribution >= 0.6 is 11.8 Å². The molecule has 0 radical (unpaired) electrons. The minimum absolute atomic E-state index is 0.359. The van der Waals surface area contributed by atoms with Crippen molar-refractivity contribution >= 4 is 16.9 Å². The van der Waals surface area contributed by atoms with E-state index in [2.05, 4.69) is 30.0 Å². The van der Waals surface area contributed by atoms with Gasteiger partial charge in [-0.05, 0) is 13.0 Å². The Kier molecular flexibility index (Phi) is 1.85. The number of aliphatic imine (C=N–C) groups is 1. The largest absolute Gasteiger partial charge is 0.466 e. The summed E-state index contributed by atoms with van der Waals surface area (Å²) in [6.07, 6.45) is 0.966. The highest BCUT2D eigenvalue weighted by atomic mass is 32.2. The number of amidine groups is 1. The number of rotatable bonds is 0. The van der Waals surface area contributed by atoms with Gasteiger partial charge >= 0.3 is 0 Å². The summed E-state index contributed by atoms with van der Waals surface area (Å²) >= 11 is 1.85. The second kappa shape index (κ2) is 3.19. The van der Waals surface area contributed by atoms with E-state index in [0.29, 0.717) is 6.04 Å². The molecule has 0 saturated carbocycles. The van der Waals surface area contributed by atoms with E-state index in [1.807, 2.05) is 17.8 Å². The summed E-state index contributed by atoms with van der Waals surface area (Å²) < 4.78 is 6.07. The van der Waals surface area contributed by atoms with Gasteiger partial charge in [0.05, 0.1) is 6.04 Å². The van der Waals surface area contributed by atoms with Gasteiger partial charge in [0, 0.05) is 24.3 Å². The van der Waals surface area contributed by atoms with Gasteiger partial charge in [-0.25, -0.2) is 4.99 Å². The van der Waals surface area contributed by atoms with Crippen molar-refractivity contribution in [2.24, 2.45) is 4.99 Å². The molecule has 0 aliphatic carbocycles. The third-order valence-corrected chi connectivity index (χ3v) is 4.67. The summed E-state index contributed by atoms with van der Waals surface area (Å²) in [6, 6.07) is 8.83. The fourth-order valence-electron chi connectivity index (χ4n) is 2.94. The van der Waals surface area contributed by atoms with E-state index in [1.54, 1.807) is 0 Å². The molecule has 0 N–H and O–H groups in total. The van der Waals surface area contributed by atoms with Gasteiger partial charge in [0.2, 0.25) is 5.72 Å². The number of para-hydroxylation sites is 1. The molecule has 1 saturated heterocycles. The fourth-order valence-corrected chi connectivity index (χ4v) is 4.06. The Morgan fingerprint density at radius 3 is 3.29 bits per heavy atom.